The van der Waals surface area contributed by atoms with Crippen LogP contribution in [-0.4, -0.2) is 32.5 Å². The standard InChI is InChI=1S/C21H19F4N5O2/c1-2-5-30(8-11-3-4-18(29-28-11)21(23,24)25)20(31)13-6-12-14-9-32-10-15(14)19(26)27-17(12)7-16(13)22/h3-4,6-7H,2,5,8-10H2,1H3,(H2,26,27). The van der Waals surface area contributed by atoms with Crippen LogP contribution in [0.5, 0.6) is 0 Å². The third-order valence-corrected chi connectivity index (χ3v) is 5.19. The van der Waals surface area contributed by atoms with Crippen molar-refractivity contribution >= 4 is 22.6 Å². The summed E-state index contributed by atoms with van der Waals surface area (Å²) >= 11 is 0. The minimum absolute atomic E-state index is 0.115. The molecule has 1 aliphatic heterocycles. The van der Waals surface area contributed by atoms with Crippen LogP contribution in [0, 0.1) is 5.82 Å². The van der Waals surface area contributed by atoms with Gasteiger partial charge in [-0.2, -0.15) is 18.3 Å². The van der Waals surface area contributed by atoms with Crippen molar-refractivity contribution in [3.05, 3.63) is 58.2 Å². The van der Waals surface area contributed by atoms with E-state index in [2.05, 4.69) is 15.2 Å². The Morgan fingerprint density at radius 1 is 1.19 bits per heavy atom. The molecule has 32 heavy (non-hydrogen) atoms. The molecule has 3 heterocycles. The number of hydrogen-bond donors (Lipinski definition) is 1. The molecule has 2 N–H and O–H groups in total. The second-order valence-electron chi connectivity index (χ2n) is 7.43. The Labute approximate surface area is 180 Å². The van der Waals surface area contributed by atoms with E-state index in [0.717, 1.165) is 23.8 Å². The Balaban J connectivity index is 1.67. The number of alkyl halides is 3. The van der Waals surface area contributed by atoms with Crippen molar-refractivity contribution < 1.29 is 27.1 Å². The summed E-state index contributed by atoms with van der Waals surface area (Å²) in [6.45, 7) is 2.53. The van der Waals surface area contributed by atoms with Crippen molar-refractivity contribution in [2.24, 2.45) is 0 Å². The Morgan fingerprint density at radius 2 is 1.94 bits per heavy atom. The summed E-state index contributed by atoms with van der Waals surface area (Å²) in [7, 11) is 0. The van der Waals surface area contributed by atoms with E-state index in [1.54, 1.807) is 0 Å². The quantitative estimate of drug-likeness (QED) is 0.595. The van der Waals surface area contributed by atoms with E-state index in [0.29, 0.717) is 29.5 Å². The zero-order valence-electron chi connectivity index (χ0n) is 17.0. The van der Waals surface area contributed by atoms with Crippen molar-refractivity contribution in [3.63, 3.8) is 0 Å². The van der Waals surface area contributed by atoms with Gasteiger partial charge >= 0.3 is 6.18 Å². The fourth-order valence-electron chi connectivity index (χ4n) is 3.64. The summed E-state index contributed by atoms with van der Waals surface area (Å²) in [5.74, 6) is -1.12. The molecule has 11 heteroatoms. The first-order valence-corrected chi connectivity index (χ1v) is 9.86. The van der Waals surface area contributed by atoms with Crippen LogP contribution in [0.3, 0.4) is 0 Å². The SMILES string of the molecule is CCCN(Cc1ccc(C(F)(F)F)nn1)C(=O)c1cc2c3c(c(N)nc2cc1F)COC3. The molecule has 0 saturated carbocycles. The molecular weight excluding hydrogens is 430 g/mol. The number of fused-ring (bicyclic) bond motifs is 3. The third kappa shape index (κ3) is 4.07. The van der Waals surface area contributed by atoms with Crippen molar-refractivity contribution in [2.45, 2.75) is 39.3 Å². The molecule has 3 aromatic rings. The number of anilines is 1. The van der Waals surface area contributed by atoms with Crippen LogP contribution in [0.4, 0.5) is 23.4 Å². The van der Waals surface area contributed by atoms with E-state index in [1.165, 1.54) is 11.0 Å². The first-order valence-electron chi connectivity index (χ1n) is 9.86. The highest BCUT2D eigenvalue weighted by atomic mass is 19.4. The van der Waals surface area contributed by atoms with Crippen molar-refractivity contribution in [1.82, 2.24) is 20.1 Å². The number of carbonyl (C=O) groups excluding carboxylic acids is 1. The highest BCUT2D eigenvalue weighted by Crippen LogP contribution is 2.33. The fraction of sp³-hybridized carbons (Fsp3) is 0.333. The second-order valence-corrected chi connectivity index (χ2v) is 7.43. The highest BCUT2D eigenvalue weighted by molar-refractivity contribution is 5.99. The molecule has 0 radical (unpaired) electrons. The highest BCUT2D eigenvalue weighted by Gasteiger charge is 2.33. The first-order chi connectivity index (χ1) is 15.2. The predicted molar refractivity (Wildman–Crippen MR) is 107 cm³/mol. The lowest BCUT2D eigenvalue weighted by Crippen LogP contribution is -2.32. The number of benzene rings is 1. The number of rotatable bonds is 5. The number of aromatic nitrogens is 3. The maximum atomic E-state index is 14.9. The molecule has 0 saturated heterocycles. The monoisotopic (exact) mass is 449 g/mol. The molecule has 0 aliphatic carbocycles. The topological polar surface area (TPSA) is 94.2 Å². The molecule has 1 aliphatic rings. The van der Waals surface area contributed by atoms with Gasteiger partial charge in [0, 0.05) is 23.6 Å². The van der Waals surface area contributed by atoms with Gasteiger partial charge in [-0.3, -0.25) is 4.79 Å². The number of amides is 1. The lowest BCUT2D eigenvalue weighted by atomic mass is 10.0. The van der Waals surface area contributed by atoms with Gasteiger partial charge in [0.2, 0.25) is 0 Å². The van der Waals surface area contributed by atoms with Gasteiger partial charge in [0.05, 0.1) is 36.5 Å². The summed E-state index contributed by atoms with van der Waals surface area (Å²) < 4.78 is 58.4. The van der Waals surface area contributed by atoms with Gasteiger partial charge in [-0.1, -0.05) is 6.92 Å². The average molecular weight is 449 g/mol. The molecule has 168 valence electrons. The van der Waals surface area contributed by atoms with E-state index < -0.39 is 23.6 Å². The number of halogens is 4. The normalized spacial score (nSPS) is 13.4. The van der Waals surface area contributed by atoms with Crippen molar-refractivity contribution in [2.75, 3.05) is 12.3 Å². The number of nitrogen functional groups attached to an aromatic ring is 1. The third-order valence-electron chi connectivity index (χ3n) is 5.19. The van der Waals surface area contributed by atoms with Gasteiger partial charge in [0.25, 0.3) is 5.91 Å². The number of nitrogens with two attached hydrogens (primary N) is 1. The largest absolute Gasteiger partial charge is 0.435 e. The maximum absolute atomic E-state index is 14.9. The molecule has 2 aromatic heterocycles. The number of carbonyl (C=O) groups is 1. The molecule has 0 atom stereocenters. The van der Waals surface area contributed by atoms with E-state index in [1.807, 2.05) is 6.92 Å². The zero-order chi connectivity index (χ0) is 23.0. The molecule has 0 bridgehead atoms. The molecule has 1 aromatic carbocycles. The Kier molecular flexibility index (Phi) is 5.68. The molecule has 0 spiro atoms. The molecule has 4 rings (SSSR count). The van der Waals surface area contributed by atoms with Gasteiger partial charge in [0.1, 0.15) is 11.6 Å². The zero-order valence-corrected chi connectivity index (χ0v) is 17.0. The Bertz CT molecular complexity index is 1180. The molecule has 7 nitrogen and oxygen atoms in total. The summed E-state index contributed by atoms with van der Waals surface area (Å²) in [5, 5.41) is 7.33. The van der Waals surface area contributed by atoms with Crippen LogP contribution in [0.25, 0.3) is 10.9 Å². The molecular formula is C21H19F4N5O2. The molecule has 0 unspecified atom stereocenters. The minimum atomic E-state index is -4.61. The average Bonchev–Trinajstić information content (AvgIpc) is 3.23. The van der Waals surface area contributed by atoms with E-state index in [-0.39, 0.29) is 36.8 Å². The van der Waals surface area contributed by atoms with Gasteiger partial charge < -0.3 is 15.4 Å². The Morgan fingerprint density at radius 3 is 2.59 bits per heavy atom. The van der Waals surface area contributed by atoms with Gasteiger partial charge in [-0.15, -0.1) is 5.10 Å². The van der Waals surface area contributed by atoms with Crippen molar-refractivity contribution in [1.29, 1.82) is 0 Å². The lowest BCUT2D eigenvalue weighted by molar-refractivity contribution is -0.141. The first kappa shape index (κ1) is 21.9. The van der Waals surface area contributed by atoms with Crippen LogP contribution in [0.2, 0.25) is 0 Å². The van der Waals surface area contributed by atoms with Gasteiger partial charge in [-0.25, -0.2) is 9.37 Å². The summed E-state index contributed by atoms with van der Waals surface area (Å²) in [6, 6.07) is 4.53. The smallest absolute Gasteiger partial charge is 0.383 e. The minimum Gasteiger partial charge on any atom is -0.383 e. The molecule has 0 fully saturated rings. The summed E-state index contributed by atoms with van der Waals surface area (Å²) in [4.78, 5) is 18.7. The van der Waals surface area contributed by atoms with Crippen LogP contribution in [0.15, 0.2) is 24.3 Å². The maximum Gasteiger partial charge on any atom is 0.435 e. The summed E-state index contributed by atoms with van der Waals surface area (Å²) in [6.07, 6.45) is -4.06. The van der Waals surface area contributed by atoms with E-state index in [9.17, 15) is 22.4 Å². The number of pyridine rings is 1. The number of nitrogens with zero attached hydrogens (tertiary/aromatic N) is 4. The summed E-state index contributed by atoms with van der Waals surface area (Å²) in [5.41, 5.74) is 6.57. The van der Waals surface area contributed by atoms with Crippen LogP contribution in [-0.2, 0) is 30.7 Å². The number of hydrogen-bond acceptors (Lipinski definition) is 6. The molecule has 1 amide bonds. The number of ether oxygens (including phenoxy) is 1. The van der Waals surface area contributed by atoms with Gasteiger partial charge in [0.15, 0.2) is 5.69 Å². The lowest BCUT2D eigenvalue weighted by Gasteiger charge is -2.22. The Hall–Kier alpha value is -3.34. The predicted octanol–water partition coefficient (Wildman–Crippen LogP) is 3.85. The van der Waals surface area contributed by atoms with Gasteiger partial charge in [-0.05, 0) is 30.2 Å². The fourth-order valence-corrected chi connectivity index (χ4v) is 3.64. The van der Waals surface area contributed by atoms with Crippen molar-refractivity contribution in [3.8, 4) is 0 Å². The van der Waals surface area contributed by atoms with E-state index >= 15 is 0 Å². The van der Waals surface area contributed by atoms with Crippen LogP contribution < -0.4 is 5.73 Å². The van der Waals surface area contributed by atoms with Crippen LogP contribution >= 0.6 is 0 Å². The van der Waals surface area contributed by atoms with Crippen LogP contribution in [0.1, 0.15) is 46.2 Å². The van der Waals surface area contributed by atoms with E-state index in [4.69, 9.17) is 10.5 Å². The second kappa shape index (κ2) is 8.30.